The Morgan fingerprint density at radius 1 is 1.35 bits per heavy atom. The fraction of sp³-hybridized carbons (Fsp3) is 0.727. The molecule has 1 heterocycles. The van der Waals surface area contributed by atoms with Gasteiger partial charge in [0.25, 0.3) is 0 Å². The molecule has 0 aliphatic carbocycles. The van der Waals surface area contributed by atoms with Gasteiger partial charge in [-0.05, 0) is 20.3 Å². The summed E-state index contributed by atoms with van der Waals surface area (Å²) in [6, 6.07) is 0. The van der Waals surface area contributed by atoms with Crippen LogP contribution in [0.3, 0.4) is 0 Å². The lowest BCUT2D eigenvalue weighted by Crippen LogP contribution is -2.15. The van der Waals surface area contributed by atoms with E-state index in [0.717, 1.165) is 10.6 Å². The second kappa shape index (κ2) is 5.04. The lowest BCUT2D eigenvalue weighted by atomic mass is 10.1. The lowest BCUT2D eigenvalue weighted by molar-refractivity contribution is 0.0814. The van der Waals surface area contributed by atoms with Gasteiger partial charge in [0.2, 0.25) is 0 Å². The minimum Gasteiger partial charge on any atom is -0.385 e. The summed E-state index contributed by atoms with van der Waals surface area (Å²) >= 11 is 1.29. The van der Waals surface area contributed by atoms with Gasteiger partial charge in [-0.2, -0.15) is 0 Å². The van der Waals surface area contributed by atoms with Crippen LogP contribution in [0.5, 0.6) is 0 Å². The first-order valence-electron chi connectivity index (χ1n) is 5.61. The van der Waals surface area contributed by atoms with Crippen molar-refractivity contribution in [1.29, 1.82) is 0 Å². The first-order valence-corrected chi connectivity index (χ1v) is 8.25. The number of nitrogens with zero attached hydrogens (tertiary/aromatic N) is 1. The van der Waals surface area contributed by atoms with E-state index >= 15 is 0 Å². The van der Waals surface area contributed by atoms with Crippen LogP contribution in [0.4, 0.5) is 0 Å². The summed E-state index contributed by atoms with van der Waals surface area (Å²) in [6.45, 7) is 6.96. The molecule has 1 rings (SSSR count). The van der Waals surface area contributed by atoms with Gasteiger partial charge >= 0.3 is 0 Å². The summed E-state index contributed by atoms with van der Waals surface area (Å²) in [7, 11) is -3.06. The summed E-state index contributed by atoms with van der Waals surface area (Å²) < 4.78 is 23.1. The Balaban J connectivity index is 3.10. The second-order valence-corrected chi connectivity index (χ2v) is 7.91. The minimum atomic E-state index is -3.06. The Bertz CT molecular complexity index is 483. The molecular formula is C11H19NO3S2. The largest absolute Gasteiger partial charge is 0.385 e. The number of aryl methyl sites for hydroxylation is 1. The Hall–Kier alpha value is -0.460. The van der Waals surface area contributed by atoms with Gasteiger partial charge in [0, 0.05) is 5.75 Å². The third-order valence-electron chi connectivity index (χ3n) is 2.42. The standard InChI is InChI=1S/C11H19NO3S2/c1-5-8-10(11(3,4)13)16-9(12-8)7-17(14,15)6-2/h13H,5-7H2,1-4H3. The predicted molar refractivity (Wildman–Crippen MR) is 69.9 cm³/mol. The van der Waals surface area contributed by atoms with E-state index in [1.165, 1.54) is 11.3 Å². The van der Waals surface area contributed by atoms with Gasteiger partial charge in [0.1, 0.15) is 10.8 Å². The van der Waals surface area contributed by atoms with E-state index in [4.69, 9.17) is 0 Å². The first kappa shape index (κ1) is 14.6. The van der Waals surface area contributed by atoms with E-state index in [1.54, 1.807) is 20.8 Å². The molecule has 0 saturated carbocycles. The number of aromatic nitrogens is 1. The molecule has 1 aromatic heterocycles. The Labute approximate surface area is 107 Å². The second-order valence-electron chi connectivity index (χ2n) is 4.47. The lowest BCUT2D eigenvalue weighted by Gasteiger charge is -2.15. The monoisotopic (exact) mass is 277 g/mol. The number of hydrogen-bond donors (Lipinski definition) is 1. The molecule has 1 N–H and O–H groups in total. The Kier molecular flexibility index (Phi) is 4.33. The van der Waals surface area contributed by atoms with Gasteiger partial charge in [-0.1, -0.05) is 13.8 Å². The molecule has 4 nitrogen and oxygen atoms in total. The molecule has 0 unspecified atom stereocenters. The molecule has 0 amide bonds. The molecule has 0 atom stereocenters. The van der Waals surface area contributed by atoms with Gasteiger partial charge < -0.3 is 5.11 Å². The van der Waals surface area contributed by atoms with Crippen molar-refractivity contribution in [2.24, 2.45) is 0 Å². The van der Waals surface area contributed by atoms with Crippen LogP contribution in [0.1, 0.15) is 43.3 Å². The van der Waals surface area contributed by atoms with Gasteiger partial charge in [-0.3, -0.25) is 0 Å². The van der Waals surface area contributed by atoms with Gasteiger partial charge in [-0.25, -0.2) is 13.4 Å². The molecule has 0 bridgehead atoms. The summed E-state index contributed by atoms with van der Waals surface area (Å²) in [6.07, 6.45) is 0.696. The van der Waals surface area contributed by atoms with E-state index in [1.807, 2.05) is 6.92 Å². The van der Waals surface area contributed by atoms with Crippen LogP contribution in [0.2, 0.25) is 0 Å². The van der Waals surface area contributed by atoms with Crippen molar-refractivity contribution in [3.05, 3.63) is 15.6 Å². The Morgan fingerprint density at radius 2 is 1.94 bits per heavy atom. The summed E-state index contributed by atoms with van der Waals surface area (Å²) in [5.74, 6) is 0.0864. The van der Waals surface area contributed by atoms with E-state index < -0.39 is 15.4 Å². The quantitative estimate of drug-likeness (QED) is 0.892. The van der Waals surface area contributed by atoms with Gasteiger partial charge in [0.15, 0.2) is 9.84 Å². The van der Waals surface area contributed by atoms with E-state index in [-0.39, 0.29) is 11.5 Å². The first-order chi connectivity index (χ1) is 7.69. The number of rotatable bonds is 5. The zero-order valence-electron chi connectivity index (χ0n) is 10.6. The zero-order chi connectivity index (χ0) is 13.3. The molecule has 0 spiro atoms. The molecular weight excluding hydrogens is 258 g/mol. The van der Waals surface area contributed by atoms with Crippen LogP contribution in [0.15, 0.2) is 0 Å². The molecule has 0 aromatic carbocycles. The molecule has 1 aromatic rings. The van der Waals surface area contributed by atoms with Crippen LogP contribution in [0, 0.1) is 0 Å². The van der Waals surface area contributed by atoms with Gasteiger partial charge in [0.05, 0.1) is 16.2 Å². The number of hydrogen-bond acceptors (Lipinski definition) is 5. The van der Waals surface area contributed by atoms with Crippen molar-refractivity contribution >= 4 is 21.2 Å². The van der Waals surface area contributed by atoms with Crippen LogP contribution in [0.25, 0.3) is 0 Å². The summed E-state index contributed by atoms with van der Waals surface area (Å²) in [5, 5.41) is 10.6. The number of aliphatic hydroxyl groups is 1. The average Bonchev–Trinajstić information content (AvgIpc) is 2.60. The van der Waals surface area contributed by atoms with Gasteiger partial charge in [-0.15, -0.1) is 11.3 Å². The highest BCUT2D eigenvalue weighted by molar-refractivity contribution is 7.90. The van der Waals surface area contributed by atoms with Crippen molar-refractivity contribution in [2.75, 3.05) is 5.75 Å². The smallest absolute Gasteiger partial charge is 0.156 e. The number of thiazole rings is 1. The number of sulfone groups is 1. The van der Waals surface area contributed by atoms with Crippen molar-refractivity contribution in [1.82, 2.24) is 4.98 Å². The predicted octanol–water partition coefficient (Wildman–Crippen LogP) is 1.87. The SMILES string of the molecule is CCc1nc(CS(=O)(=O)CC)sc1C(C)(C)O. The van der Waals surface area contributed by atoms with Crippen LogP contribution in [-0.2, 0) is 27.6 Å². The molecule has 17 heavy (non-hydrogen) atoms. The maximum absolute atomic E-state index is 11.5. The molecule has 0 aliphatic heterocycles. The Morgan fingerprint density at radius 3 is 2.29 bits per heavy atom. The van der Waals surface area contributed by atoms with Crippen molar-refractivity contribution in [2.45, 2.75) is 45.5 Å². The fourth-order valence-corrected chi connectivity index (χ4v) is 3.84. The fourth-order valence-electron chi connectivity index (χ4n) is 1.47. The molecule has 98 valence electrons. The van der Waals surface area contributed by atoms with Crippen LogP contribution >= 0.6 is 11.3 Å². The van der Waals surface area contributed by atoms with Crippen molar-refractivity contribution in [3.8, 4) is 0 Å². The van der Waals surface area contributed by atoms with E-state index in [9.17, 15) is 13.5 Å². The van der Waals surface area contributed by atoms with E-state index in [2.05, 4.69) is 4.98 Å². The molecule has 0 radical (unpaired) electrons. The summed E-state index contributed by atoms with van der Waals surface area (Å²) in [5.41, 5.74) is -0.166. The zero-order valence-corrected chi connectivity index (χ0v) is 12.3. The third kappa shape index (κ3) is 3.76. The highest BCUT2D eigenvalue weighted by atomic mass is 32.2. The van der Waals surface area contributed by atoms with Crippen LogP contribution < -0.4 is 0 Å². The highest BCUT2D eigenvalue weighted by Crippen LogP contribution is 2.31. The van der Waals surface area contributed by atoms with Crippen molar-refractivity contribution < 1.29 is 13.5 Å². The van der Waals surface area contributed by atoms with E-state index in [0.29, 0.717) is 11.4 Å². The molecule has 0 saturated heterocycles. The minimum absolute atomic E-state index is 0.0305. The normalized spacial score (nSPS) is 13.0. The molecule has 0 fully saturated rings. The average molecular weight is 277 g/mol. The molecule has 0 aliphatic rings. The maximum atomic E-state index is 11.5. The third-order valence-corrected chi connectivity index (χ3v) is 5.60. The highest BCUT2D eigenvalue weighted by Gasteiger charge is 2.25. The van der Waals surface area contributed by atoms with Crippen LogP contribution in [-0.4, -0.2) is 24.3 Å². The van der Waals surface area contributed by atoms with Crippen molar-refractivity contribution in [3.63, 3.8) is 0 Å². The maximum Gasteiger partial charge on any atom is 0.156 e. The summed E-state index contributed by atoms with van der Waals surface area (Å²) in [4.78, 5) is 5.07. The molecule has 6 heteroatoms. The topological polar surface area (TPSA) is 67.3 Å².